The van der Waals surface area contributed by atoms with Crippen LogP contribution in [-0.2, 0) is 11.3 Å². The van der Waals surface area contributed by atoms with Crippen molar-refractivity contribution >= 4 is 5.97 Å². The van der Waals surface area contributed by atoms with Crippen molar-refractivity contribution < 1.29 is 19.2 Å². The van der Waals surface area contributed by atoms with Crippen molar-refractivity contribution in [3.8, 4) is 28.6 Å². The molecule has 7 heteroatoms. The van der Waals surface area contributed by atoms with E-state index in [1.165, 1.54) is 0 Å². The Morgan fingerprint density at radius 3 is 2.47 bits per heavy atom. The van der Waals surface area contributed by atoms with Gasteiger partial charge in [-0.2, -0.15) is 4.98 Å². The van der Waals surface area contributed by atoms with Crippen molar-refractivity contribution in [2.45, 2.75) is 32.9 Å². The maximum absolute atomic E-state index is 10.9. The maximum atomic E-state index is 10.9. The molecule has 1 aliphatic heterocycles. The first kappa shape index (κ1) is 20.1. The number of benzene rings is 2. The molecule has 3 aromatic rings. The molecule has 1 fully saturated rings. The average molecular weight is 407 g/mol. The van der Waals surface area contributed by atoms with Gasteiger partial charge in [-0.3, -0.25) is 9.69 Å². The Kier molecular flexibility index (Phi) is 5.81. The van der Waals surface area contributed by atoms with Gasteiger partial charge in [0.15, 0.2) is 0 Å². The van der Waals surface area contributed by atoms with Crippen LogP contribution in [0.25, 0.3) is 22.8 Å². The second kappa shape index (κ2) is 8.67. The van der Waals surface area contributed by atoms with Crippen molar-refractivity contribution in [3.63, 3.8) is 0 Å². The normalized spacial score (nSPS) is 15.5. The monoisotopic (exact) mass is 407 g/mol. The van der Waals surface area contributed by atoms with Crippen molar-refractivity contribution in [2.75, 3.05) is 13.1 Å². The average Bonchev–Trinajstić information content (AvgIpc) is 3.21. The summed E-state index contributed by atoms with van der Waals surface area (Å²) in [6, 6.07) is 15.6. The van der Waals surface area contributed by atoms with Crippen molar-refractivity contribution in [2.24, 2.45) is 5.92 Å². The molecule has 0 amide bonds. The molecule has 1 saturated heterocycles. The van der Waals surface area contributed by atoms with E-state index in [-0.39, 0.29) is 12.0 Å². The van der Waals surface area contributed by atoms with Crippen LogP contribution in [0.4, 0.5) is 0 Å². The number of carboxylic acids is 1. The Morgan fingerprint density at radius 2 is 1.83 bits per heavy atom. The summed E-state index contributed by atoms with van der Waals surface area (Å²) < 4.78 is 11.2. The van der Waals surface area contributed by atoms with Gasteiger partial charge in [0, 0.05) is 30.8 Å². The standard InChI is InChI=1S/C23H25N3O4/c1-3-15(2)29-20-10-8-18(9-11-20)22-24-21(25-30-22)17-6-4-16(5-7-17)12-26-13-19(14-26)23(27)28/h4-11,15,19H,3,12-14H2,1-2H3,(H,27,28)/t15-/m1/s1. The van der Waals surface area contributed by atoms with Gasteiger partial charge in [0.25, 0.3) is 5.89 Å². The van der Waals surface area contributed by atoms with Gasteiger partial charge in [0.05, 0.1) is 12.0 Å². The molecule has 0 saturated carbocycles. The summed E-state index contributed by atoms with van der Waals surface area (Å²) in [7, 11) is 0. The first-order valence-corrected chi connectivity index (χ1v) is 10.2. The Balaban J connectivity index is 1.38. The number of likely N-dealkylation sites (tertiary alicyclic amines) is 1. The van der Waals surface area contributed by atoms with Crippen LogP contribution in [-0.4, -0.2) is 45.3 Å². The quantitative estimate of drug-likeness (QED) is 0.601. The van der Waals surface area contributed by atoms with Crippen LogP contribution in [0, 0.1) is 5.92 Å². The summed E-state index contributed by atoms with van der Waals surface area (Å²) in [5.41, 5.74) is 2.84. The summed E-state index contributed by atoms with van der Waals surface area (Å²) in [6.45, 7) is 6.08. The third kappa shape index (κ3) is 4.52. The van der Waals surface area contributed by atoms with E-state index < -0.39 is 5.97 Å². The zero-order chi connectivity index (χ0) is 21.1. The summed E-state index contributed by atoms with van der Waals surface area (Å²) in [4.78, 5) is 17.5. The summed E-state index contributed by atoms with van der Waals surface area (Å²) in [5.74, 6) is 0.862. The Morgan fingerprint density at radius 1 is 1.17 bits per heavy atom. The highest BCUT2D eigenvalue weighted by Gasteiger charge is 2.32. The van der Waals surface area contributed by atoms with E-state index in [4.69, 9.17) is 14.4 Å². The van der Waals surface area contributed by atoms with Crippen LogP contribution in [0.3, 0.4) is 0 Å². The molecule has 4 rings (SSSR count). The topological polar surface area (TPSA) is 88.7 Å². The van der Waals surface area contributed by atoms with Gasteiger partial charge in [0.2, 0.25) is 5.82 Å². The number of aromatic nitrogens is 2. The number of carbonyl (C=O) groups is 1. The van der Waals surface area contributed by atoms with Crippen molar-refractivity contribution in [3.05, 3.63) is 54.1 Å². The van der Waals surface area contributed by atoms with E-state index in [0.717, 1.165) is 35.4 Å². The van der Waals surface area contributed by atoms with Crippen molar-refractivity contribution in [1.82, 2.24) is 15.0 Å². The first-order valence-electron chi connectivity index (χ1n) is 10.2. The highest BCUT2D eigenvalue weighted by molar-refractivity contribution is 5.71. The molecule has 1 atom stereocenters. The number of carboxylic acid groups (broad SMARTS) is 1. The summed E-state index contributed by atoms with van der Waals surface area (Å²) in [6.07, 6.45) is 1.13. The van der Waals surface area contributed by atoms with Crippen LogP contribution in [0.15, 0.2) is 53.1 Å². The molecule has 7 nitrogen and oxygen atoms in total. The van der Waals surface area contributed by atoms with Gasteiger partial charge >= 0.3 is 5.97 Å². The van der Waals surface area contributed by atoms with E-state index in [1.54, 1.807) is 0 Å². The third-order valence-corrected chi connectivity index (χ3v) is 5.36. The molecule has 2 aromatic carbocycles. The highest BCUT2D eigenvalue weighted by atomic mass is 16.5. The van der Waals surface area contributed by atoms with E-state index in [9.17, 15) is 4.79 Å². The molecule has 2 heterocycles. The fraction of sp³-hybridized carbons (Fsp3) is 0.348. The largest absolute Gasteiger partial charge is 0.491 e. The SMILES string of the molecule is CC[C@@H](C)Oc1ccc(-c2nc(-c3ccc(CN4CC(C(=O)O)C4)cc3)no2)cc1. The first-order chi connectivity index (χ1) is 14.5. The number of ether oxygens (including phenoxy) is 1. The van der Waals surface area contributed by atoms with Gasteiger partial charge in [0.1, 0.15) is 5.75 Å². The lowest BCUT2D eigenvalue weighted by Gasteiger charge is -2.36. The minimum absolute atomic E-state index is 0.175. The predicted octanol–water partition coefficient (Wildman–Crippen LogP) is 4.10. The smallest absolute Gasteiger partial charge is 0.309 e. The number of rotatable bonds is 8. The lowest BCUT2D eigenvalue weighted by molar-refractivity contribution is -0.147. The fourth-order valence-electron chi connectivity index (χ4n) is 3.32. The third-order valence-electron chi connectivity index (χ3n) is 5.36. The molecule has 30 heavy (non-hydrogen) atoms. The second-order valence-corrected chi connectivity index (χ2v) is 7.71. The number of nitrogens with zero attached hydrogens (tertiary/aromatic N) is 3. The minimum Gasteiger partial charge on any atom is -0.491 e. The molecule has 0 radical (unpaired) electrons. The van der Waals surface area contributed by atoms with Gasteiger partial charge in [-0.05, 0) is 43.2 Å². The lowest BCUT2D eigenvalue weighted by atomic mass is 9.99. The van der Waals surface area contributed by atoms with Crippen LogP contribution in [0.1, 0.15) is 25.8 Å². The predicted molar refractivity (Wildman–Crippen MR) is 112 cm³/mol. The Hall–Kier alpha value is -3.19. The molecular weight excluding hydrogens is 382 g/mol. The zero-order valence-electron chi connectivity index (χ0n) is 17.1. The van der Waals surface area contributed by atoms with E-state index in [2.05, 4.69) is 22.0 Å². The molecule has 1 aliphatic rings. The number of hydrogen-bond acceptors (Lipinski definition) is 6. The van der Waals surface area contributed by atoms with E-state index in [1.807, 2.05) is 55.5 Å². The summed E-state index contributed by atoms with van der Waals surface area (Å²) in [5, 5.41) is 13.1. The Labute approximate surface area is 175 Å². The van der Waals surface area contributed by atoms with Crippen LogP contribution in [0.2, 0.25) is 0 Å². The van der Waals surface area contributed by atoms with Crippen molar-refractivity contribution in [1.29, 1.82) is 0 Å². The van der Waals surface area contributed by atoms with Gasteiger partial charge < -0.3 is 14.4 Å². The van der Waals surface area contributed by atoms with Gasteiger partial charge in [-0.1, -0.05) is 36.3 Å². The molecule has 0 spiro atoms. The van der Waals surface area contributed by atoms with Crippen LogP contribution < -0.4 is 4.74 Å². The molecule has 1 aromatic heterocycles. The zero-order valence-corrected chi connectivity index (χ0v) is 17.1. The van der Waals surface area contributed by atoms with E-state index in [0.29, 0.717) is 24.8 Å². The van der Waals surface area contributed by atoms with Gasteiger partial charge in [-0.15, -0.1) is 0 Å². The molecule has 1 N–H and O–H groups in total. The highest BCUT2D eigenvalue weighted by Crippen LogP contribution is 2.25. The van der Waals surface area contributed by atoms with E-state index >= 15 is 0 Å². The second-order valence-electron chi connectivity index (χ2n) is 7.71. The van der Waals surface area contributed by atoms with Crippen LogP contribution in [0.5, 0.6) is 5.75 Å². The molecule has 0 unspecified atom stereocenters. The summed E-state index contributed by atoms with van der Waals surface area (Å²) >= 11 is 0. The minimum atomic E-state index is -0.716. The number of hydrogen-bond donors (Lipinski definition) is 1. The molecular formula is C23H25N3O4. The Bertz CT molecular complexity index is 992. The van der Waals surface area contributed by atoms with Crippen LogP contribution >= 0.6 is 0 Å². The number of aliphatic carboxylic acids is 1. The molecule has 0 bridgehead atoms. The maximum Gasteiger partial charge on any atom is 0.309 e. The fourth-order valence-corrected chi connectivity index (χ4v) is 3.32. The molecule has 156 valence electrons. The molecule has 0 aliphatic carbocycles. The lowest BCUT2D eigenvalue weighted by Crippen LogP contribution is -2.49. The van der Waals surface area contributed by atoms with Gasteiger partial charge in [-0.25, -0.2) is 0 Å².